The number of hydrogen-bond acceptors (Lipinski definition) is 4. The number of aromatic nitrogens is 1. The second-order valence-electron chi connectivity index (χ2n) is 5.13. The van der Waals surface area contributed by atoms with Crippen molar-refractivity contribution < 1.29 is 17.9 Å². The maximum atomic E-state index is 12.6. The topological polar surface area (TPSA) is 58.5 Å². The highest BCUT2D eigenvalue weighted by Gasteiger charge is 2.33. The highest BCUT2D eigenvalue weighted by molar-refractivity contribution is 14.0. The Bertz CT molecular complexity index is 770. The molecule has 5 nitrogen and oxygen atoms in total. The first kappa shape index (κ1) is 23.8. The molecule has 0 spiro atoms. The molecule has 0 aliphatic rings. The summed E-state index contributed by atoms with van der Waals surface area (Å²) >= 11 is 6.88. The van der Waals surface area contributed by atoms with Crippen molar-refractivity contribution in [3.05, 3.63) is 44.9 Å². The van der Waals surface area contributed by atoms with Crippen LogP contribution in [0, 0.1) is 0 Å². The van der Waals surface area contributed by atoms with Crippen molar-refractivity contribution in [2.75, 3.05) is 13.7 Å². The minimum atomic E-state index is -4.43. The summed E-state index contributed by atoms with van der Waals surface area (Å²) in [7, 11) is 1.54. The average molecular weight is 535 g/mol. The Hall–Kier alpha value is -1.27. The molecule has 11 heteroatoms. The van der Waals surface area contributed by atoms with Crippen molar-refractivity contribution in [2.45, 2.75) is 26.2 Å². The molecule has 1 heterocycles. The number of guanidine groups is 1. The van der Waals surface area contributed by atoms with E-state index in [-0.39, 0.29) is 30.5 Å². The van der Waals surface area contributed by atoms with Gasteiger partial charge in [-0.2, -0.15) is 13.2 Å². The van der Waals surface area contributed by atoms with E-state index < -0.39 is 11.9 Å². The Morgan fingerprint density at radius 3 is 2.67 bits per heavy atom. The third-order valence-corrected chi connectivity index (χ3v) is 4.33. The average Bonchev–Trinajstić information content (AvgIpc) is 3.07. The van der Waals surface area contributed by atoms with Gasteiger partial charge in [-0.15, -0.1) is 35.3 Å². The number of nitrogens with zero attached hydrogens (tertiary/aromatic N) is 2. The highest BCUT2D eigenvalue weighted by Crippen LogP contribution is 2.30. The lowest BCUT2D eigenvalue weighted by Crippen LogP contribution is -2.36. The molecule has 27 heavy (non-hydrogen) atoms. The fraction of sp³-hybridized carbons (Fsp3) is 0.375. The van der Waals surface area contributed by atoms with Gasteiger partial charge < -0.3 is 15.4 Å². The first-order valence-electron chi connectivity index (χ1n) is 7.69. The molecule has 0 fully saturated rings. The molecule has 0 atom stereocenters. The van der Waals surface area contributed by atoms with Gasteiger partial charge >= 0.3 is 6.18 Å². The largest absolute Gasteiger partial charge is 0.496 e. The van der Waals surface area contributed by atoms with E-state index in [1.807, 2.05) is 13.0 Å². The van der Waals surface area contributed by atoms with E-state index in [9.17, 15) is 13.2 Å². The second-order valence-corrected chi connectivity index (χ2v) is 6.51. The summed E-state index contributed by atoms with van der Waals surface area (Å²) in [4.78, 5) is 8.00. The van der Waals surface area contributed by atoms with E-state index in [2.05, 4.69) is 20.6 Å². The normalized spacial score (nSPS) is 11.7. The molecule has 0 unspecified atom stereocenters. The number of alkyl halides is 3. The van der Waals surface area contributed by atoms with Gasteiger partial charge in [-0.25, -0.2) is 9.98 Å². The summed E-state index contributed by atoms with van der Waals surface area (Å²) < 4.78 is 43.1. The third kappa shape index (κ3) is 7.34. The zero-order valence-corrected chi connectivity index (χ0v) is 18.5. The molecule has 0 amide bonds. The lowest BCUT2D eigenvalue weighted by Gasteiger charge is -2.11. The van der Waals surface area contributed by atoms with Gasteiger partial charge in [-0.3, -0.25) is 0 Å². The number of hydrogen-bond donors (Lipinski definition) is 2. The fourth-order valence-corrected chi connectivity index (χ4v) is 2.94. The SMILES string of the molecule is CCNC(=NCc1ccc(Cl)cc1OC)NCc1nc(C(F)(F)F)cs1.I. The van der Waals surface area contributed by atoms with Crippen molar-refractivity contribution in [1.82, 2.24) is 15.6 Å². The van der Waals surface area contributed by atoms with E-state index in [1.54, 1.807) is 19.2 Å². The van der Waals surface area contributed by atoms with Crippen LogP contribution in [-0.2, 0) is 19.3 Å². The van der Waals surface area contributed by atoms with Gasteiger partial charge in [-0.05, 0) is 19.1 Å². The predicted octanol–water partition coefficient (Wildman–Crippen LogP) is 4.70. The smallest absolute Gasteiger partial charge is 0.434 e. The zero-order chi connectivity index (χ0) is 19.2. The van der Waals surface area contributed by atoms with E-state index >= 15 is 0 Å². The number of benzene rings is 1. The second kappa shape index (κ2) is 10.9. The monoisotopic (exact) mass is 534 g/mol. The summed E-state index contributed by atoms with van der Waals surface area (Å²) in [5.41, 5.74) is -0.0464. The van der Waals surface area contributed by atoms with Crippen molar-refractivity contribution in [3.8, 4) is 5.75 Å². The molecule has 0 bridgehead atoms. The highest BCUT2D eigenvalue weighted by atomic mass is 127. The maximum Gasteiger partial charge on any atom is 0.434 e. The molecular formula is C16H19ClF3IN4OS. The lowest BCUT2D eigenvalue weighted by molar-refractivity contribution is -0.140. The number of halogens is 5. The van der Waals surface area contributed by atoms with Crippen molar-refractivity contribution in [1.29, 1.82) is 0 Å². The van der Waals surface area contributed by atoms with Crippen molar-refractivity contribution in [3.63, 3.8) is 0 Å². The third-order valence-electron chi connectivity index (χ3n) is 3.25. The van der Waals surface area contributed by atoms with Crippen LogP contribution in [0.3, 0.4) is 0 Å². The molecule has 150 valence electrons. The van der Waals surface area contributed by atoms with Gasteiger partial charge in [0, 0.05) is 22.5 Å². The molecule has 0 saturated carbocycles. The van der Waals surface area contributed by atoms with E-state index in [4.69, 9.17) is 16.3 Å². The van der Waals surface area contributed by atoms with Crippen LogP contribution in [0.25, 0.3) is 0 Å². The van der Waals surface area contributed by atoms with Crippen molar-refractivity contribution in [2.24, 2.45) is 4.99 Å². The Balaban J connectivity index is 0.00000364. The maximum absolute atomic E-state index is 12.6. The number of rotatable bonds is 6. The fourth-order valence-electron chi connectivity index (χ4n) is 2.04. The van der Waals surface area contributed by atoms with Gasteiger partial charge in [0.15, 0.2) is 11.7 Å². The summed E-state index contributed by atoms with van der Waals surface area (Å²) in [6, 6.07) is 5.25. The molecule has 0 saturated heterocycles. The van der Waals surface area contributed by atoms with Gasteiger partial charge in [0.2, 0.25) is 0 Å². The summed E-state index contributed by atoms with van der Waals surface area (Å²) in [5.74, 6) is 1.08. The Labute approximate surface area is 181 Å². The van der Waals surface area contributed by atoms with Crippen LogP contribution >= 0.6 is 46.9 Å². The van der Waals surface area contributed by atoms with Crippen LogP contribution < -0.4 is 15.4 Å². The first-order chi connectivity index (χ1) is 12.3. The Morgan fingerprint density at radius 1 is 1.33 bits per heavy atom. The Kier molecular flexibility index (Phi) is 9.60. The minimum absolute atomic E-state index is 0. The van der Waals surface area contributed by atoms with Crippen molar-refractivity contribution >= 4 is 52.9 Å². The zero-order valence-electron chi connectivity index (χ0n) is 14.6. The van der Waals surface area contributed by atoms with E-state index in [0.717, 1.165) is 22.3 Å². The number of nitrogens with one attached hydrogen (secondary N) is 2. The van der Waals surface area contributed by atoms with Gasteiger partial charge in [0.25, 0.3) is 0 Å². The molecule has 2 rings (SSSR count). The Morgan fingerprint density at radius 2 is 2.07 bits per heavy atom. The van der Waals surface area contributed by atoms with Crippen LogP contribution in [0.15, 0.2) is 28.6 Å². The summed E-state index contributed by atoms with van der Waals surface area (Å²) in [6.07, 6.45) is -4.43. The number of ether oxygens (including phenoxy) is 1. The van der Waals surface area contributed by atoms with Gasteiger partial charge in [-0.1, -0.05) is 17.7 Å². The van der Waals surface area contributed by atoms with Crippen LogP contribution in [0.1, 0.15) is 23.2 Å². The summed E-state index contributed by atoms with van der Waals surface area (Å²) in [5, 5.41) is 7.89. The molecule has 1 aromatic heterocycles. The van der Waals surface area contributed by atoms with Crippen LogP contribution in [0.5, 0.6) is 5.75 Å². The van der Waals surface area contributed by atoms with Gasteiger partial charge in [0.05, 0.1) is 20.2 Å². The summed E-state index contributed by atoms with van der Waals surface area (Å²) in [6.45, 7) is 2.96. The molecule has 2 N–H and O–H groups in total. The first-order valence-corrected chi connectivity index (χ1v) is 8.95. The standard InChI is InChI=1S/C16H18ClF3N4OS.HI/c1-3-21-15(22-7-10-4-5-11(17)6-12(10)25-2)23-8-14-24-13(9-26-14)16(18,19)20;/h4-6,9H,3,7-8H2,1-2H3,(H2,21,22,23);1H. The van der Waals surface area contributed by atoms with Crippen LogP contribution in [-0.4, -0.2) is 24.6 Å². The van der Waals surface area contributed by atoms with Crippen LogP contribution in [0.2, 0.25) is 5.02 Å². The molecule has 0 aliphatic heterocycles. The number of methoxy groups -OCH3 is 1. The molecule has 2 aromatic rings. The predicted molar refractivity (Wildman–Crippen MR) is 112 cm³/mol. The molecule has 1 aromatic carbocycles. The molecule has 0 radical (unpaired) electrons. The van der Waals surface area contributed by atoms with E-state index in [0.29, 0.717) is 34.8 Å². The number of thiazole rings is 1. The lowest BCUT2D eigenvalue weighted by atomic mass is 10.2. The molecule has 0 aliphatic carbocycles. The quantitative estimate of drug-likeness (QED) is 0.321. The minimum Gasteiger partial charge on any atom is -0.496 e. The van der Waals surface area contributed by atoms with E-state index in [1.165, 1.54) is 0 Å². The molecular weight excluding hydrogens is 516 g/mol. The van der Waals surface area contributed by atoms with Gasteiger partial charge in [0.1, 0.15) is 10.8 Å². The number of aliphatic imine (C=N–C) groups is 1. The van der Waals surface area contributed by atoms with Crippen LogP contribution in [0.4, 0.5) is 13.2 Å².